The molecule has 86 valence electrons. The van der Waals surface area contributed by atoms with E-state index in [2.05, 4.69) is 5.32 Å². The number of nitro groups is 1. The van der Waals surface area contributed by atoms with Gasteiger partial charge in [-0.25, -0.2) is 0 Å². The van der Waals surface area contributed by atoms with Gasteiger partial charge in [-0.2, -0.15) is 4.39 Å². The van der Waals surface area contributed by atoms with Crippen LogP contribution >= 0.6 is 0 Å². The van der Waals surface area contributed by atoms with Crippen LogP contribution in [0, 0.1) is 15.9 Å². The summed E-state index contributed by atoms with van der Waals surface area (Å²) in [6.45, 7) is 1.00. The van der Waals surface area contributed by atoms with Gasteiger partial charge < -0.3 is 5.32 Å². The molecule has 1 unspecified atom stereocenters. The lowest BCUT2D eigenvalue weighted by Crippen LogP contribution is -2.23. The zero-order valence-corrected chi connectivity index (χ0v) is 8.78. The minimum absolute atomic E-state index is 0.376. The lowest BCUT2D eigenvalue weighted by Gasteiger charge is -2.09. The molecule has 0 saturated carbocycles. The Morgan fingerprint density at radius 3 is 2.94 bits per heavy atom. The second-order valence-corrected chi connectivity index (χ2v) is 4.04. The van der Waals surface area contributed by atoms with E-state index < -0.39 is 16.4 Å². The predicted molar refractivity (Wildman–Crippen MR) is 57.8 cm³/mol. The second kappa shape index (κ2) is 4.57. The van der Waals surface area contributed by atoms with E-state index in [9.17, 15) is 14.5 Å². The first-order valence-corrected chi connectivity index (χ1v) is 5.33. The summed E-state index contributed by atoms with van der Waals surface area (Å²) in [4.78, 5) is 9.73. The van der Waals surface area contributed by atoms with Gasteiger partial charge in [-0.3, -0.25) is 10.1 Å². The van der Waals surface area contributed by atoms with Gasteiger partial charge in [0, 0.05) is 12.1 Å². The lowest BCUT2D eigenvalue weighted by atomic mass is 10.0. The van der Waals surface area contributed by atoms with Crippen molar-refractivity contribution in [3.8, 4) is 0 Å². The van der Waals surface area contributed by atoms with Crippen molar-refractivity contribution in [2.24, 2.45) is 0 Å². The first-order chi connectivity index (χ1) is 7.66. The van der Waals surface area contributed by atoms with Crippen molar-refractivity contribution in [2.75, 3.05) is 6.54 Å². The van der Waals surface area contributed by atoms with Crippen molar-refractivity contribution in [3.05, 3.63) is 39.7 Å². The van der Waals surface area contributed by atoms with Crippen LogP contribution in [0.15, 0.2) is 18.2 Å². The smallest absolute Gasteiger partial charge is 0.304 e. The highest BCUT2D eigenvalue weighted by molar-refractivity contribution is 5.35. The maximum atomic E-state index is 13.3. The summed E-state index contributed by atoms with van der Waals surface area (Å²) in [5.41, 5.74) is 0.352. The maximum absolute atomic E-state index is 13.3. The van der Waals surface area contributed by atoms with E-state index in [1.54, 1.807) is 6.07 Å². The summed E-state index contributed by atoms with van der Waals surface area (Å²) in [5, 5.41) is 13.7. The van der Waals surface area contributed by atoms with Gasteiger partial charge in [0.15, 0.2) is 0 Å². The number of hydrogen-bond donors (Lipinski definition) is 1. The van der Waals surface area contributed by atoms with E-state index in [0.29, 0.717) is 6.04 Å². The van der Waals surface area contributed by atoms with E-state index in [1.165, 1.54) is 12.1 Å². The summed E-state index contributed by atoms with van der Waals surface area (Å²) in [5.74, 6) is -0.750. The maximum Gasteiger partial charge on any atom is 0.304 e. The summed E-state index contributed by atoms with van der Waals surface area (Å²) in [7, 11) is 0. The Hall–Kier alpha value is -1.49. The van der Waals surface area contributed by atoms with E-state index in [1.807, 2.05) is 0 Å². The predicted octanol–water partition coefficient (Wildman–Crippen LogP) is 2.03. The molecule has 0 spiro atoms. The zero-order chi connectivity index (χ0) is 11.5. The molecule has 1 aliphatic heterocycles. The largest absolute Gasteiger partial charge is 0.314 e. The Bertz CT molecular complexity index is 403. The molecule has 2 rings (SSSR count). The molecular formula is C11H13FN2O2. The van der Waals surface area contributed by atoms with E-state index in [-0.39, 0.29) is 0 Å². The summed E-state index contributed by atoms with van der Waals surface area (Å²) >= 11 is 0. The van der Waals surface area contributed by atoms with E-state index in [0.717, 1.165) is 31.4 Å². The molecule has 1 aromatic rings. The van der Waals surface area contributed by atoms with Crippen molar-refractivity contribution in [1.82, 2.24) is 5.32 Å². The van der Waals surface area contributed by atoms with Gasteiger partial charge in [-0.1, -0.05) is 6.07 Å². The molecule has 1 aromatic carbocycles. The molecule has 0 radical (unpaired) electrons. The molecule has 1 fully saturated rings. The third-order valence-corrected chi connectivity index (χ3v) is 2.85. The normalized spacial score (nSPS) is 19.9. The molecule has 1 atom stereocenters. The van der Waals surface area contributed by atoms with E-state index in [4.69, 9.17) is 0 Å². The van der Waals surface area contributed by atoms with E-state index >= 15 is 0 Å². The number of nitro benzene ring substituents is 1. The summed E-state index contributed by atoms with van der Waals surface area (Å²) in [6, 6.07) is 4.50. The Morgan fingerprint density at radius 1 is 1.56 bits per heavy atom. The van der Waals surface area contributed by atoms with Crippen molar-refractivity contribution >= 4 is 5.69 Å². The van der Waals surface area contributed by atoms with Gasteiger partial charge in [0.25, 0.3) is 0 Å². The molecule has 0 amide bonds. The van der Waals surface area contributed by atoms with Gasteiger partial charge in [0.1, 0.15) is 0 Å². The number of hydrogen-bond acceptors (Lipinski definition) is 3. The highest BCUT2D eigenvalue weighted by atomic mass is 19.1. The fourth-order valence-corrected chi connectivity index (χ4v) is 2.04. The van der Waals surface area contributed by atoms with Crippen molar-refractivity contribution in [1.29, 1.82) is 0 Å². The third-order valence-electron chi connectivity index (χ3n) is 2.85. The Kier molecular flexibility index (Phi) is 3.14. The van der Waals surface area contributed by atoms with Crippen LogP contribution in [0.3, 0.4) is 0 Å². The van der Waals surface area contributed by atoms with Gasteiger partial charge in [0.2, 0.25) is 5.82 Å². The van der Waals surface area contributed by atoms with Crippen LogP contribution in [0.25, 0.3) is 0 Å². The van der Waals surface area contributed by atoms with Gasteiger partial charge in [-0.15, -0.1) is 0 Å². The van der Waals surface area contributed by atoms with Crippen molar-refractivity contribution < 1.29 is 9.31 Å². The fourth-order valence-electron chi connectivity index (χ4n) is 2.04. The Morgan fingerprint density at radius 2 is 2.38 bits per heavy atom. The number of halogens is 1. The fraction of sp³-hybridized carbons (Fsp3) is 0.455. The van der Waals surface area contributed by atoms with Crippen LogP contribution in [0.1, 0.15) is 18.4 Å². The van der Waals surface area contributed by atoms with Gasteiger partial charge in [-0.05, 0) is 37.4 Å². The number of benzene rings is 1. The molecule has 1 N–H and O–H groups in total. The molecule has 1 heterocycles. The Balaban J connectivity index is 2.11. The Labute approximate surface area is 92.6 Å². The minimum Gasteiger partial charge on any atom is -0.314 e. The quantitative estimate of drug-likeness (QED) is 0.631. The third kappa shape index (κ3) is 2.36. The van der Waals surface area contributed by atoms with Gasteiger partial charge >= 0.3 is 5.69 Å². The van der Waals surface area contributed by atoms with Crippen LogP contribution in [0.2, 0.25) is 0 Å². The molecule has 1 aliphatic rings. The standard InChI is InChI=1S/C11H13FN2O2/c12-10-7-8(3-4-11(10)14(15)16)6-9-2-1-5-13-9/h3-4,7,9,13H,1-2,5-6H2. The van der Waals surface area contributed by atoms with Gasteiger partial charge in [0.05, 0.1) is 4.92 Å². The molecular weight excluding hydrogens is 211 g/mol. The number of rotatable bonds is 3. The monoisotopic (exact) mass is 224 g/mol. The summed E-state index contributed by atoms with van der Waals surface area (Å²) in [6.07, 6.45) is 2.95. The molecule has 0 aromatic heterocycles. The van der Waals surface area contributed by atoms with Crippen molar-refractivity contribution in [3.63, 3.8) is 0 Å². The topological polar surface area (TPSA) is 55.2 Å². The zero-order valence-electron chi connectivity index (χ0n) is 8.78. The molecule has 5 heteroatoms. The minimum atomic E-state index is -0.750. The molecule has 0 bridgehead atoms. The number of nitrogens with zero attached hydrogens (tertiary/aromatic N) is 1. The van der Waals surface area contributed by atoms with Crippen LogP contribution in [0.4, 0.5) is 10.1 Å². The number of nitrogens with one attached hydrogen (secondary N) is 1. The second-order valence-electron chi connectivity index (χ2n) is 4.04. The first-order valence-electron chi connectivity index (χ1n) is 5.33. The highest BCUT2D eigenvalue weighted by Gasteiger charge is 2.17. The average Bonchev–Trinajstić information content (AvgIpc) is 2.70. The SMILES string of the molecule is O=[N+]([O-])c1ccc(CC2CCCN2)cc1F. The highest BCUT2D eigenvalue weighted by Crippen LogP contribution is 2.20. The van der Waals surface area contributed by atoms with Crippen LogP contribution in [-0.4, -0.2) is 17.5 Å². The van der Waals surface area contributed by atoms with Crippen molar-refractivity contribution in [2.45, 2.75) is 25.3 Å². The molecule has 1 saturated heterocycles. The lowest BCUT2D eigenvalue weighted by molar-refractivity contribution is -0.387. The van der Waals surface area contributed by atoms with Crippen LogP contribution in [0.5, 0.6) is 0 Å². The average molecular weight is 224 g/mol. The molecule has 0 aliphatic carbocycles. The summed E-state index contributed by atoms with van der Waals surface area (Å²) < 4.78 is 13.3. The molecule has 16 heavy (non-hydrogen) atoms. The van der Waals surface area contributed by atoms with Crippen LogP contribution in [-0.2, 0) is 6.42 Å². The van der Waals surface area contributed by atoms with Crippen LogP contribution < -0.4 is 5.32 Å². The first kappa shape index (κ1) is 11.0. The molecule has 4 nitrogen and oxygen atoms in total.